The smallest absolute Gasteiger partial charge is 0.267 e. The Kier molecular flexibility index (Phi) is 4.78. The van der Waals surface area contributed by atoms with Gasteiger partial charge in [-0.05, 0) is 17.8 Å². The Hall–Kier alpha value is -2.74. The summed E-state index contributed by atoms with van der Waals surface area (Å²) < 4.78 is 2.85. The topological polar surface area (TPSA) is 79.8 Å². The van der Waals surface area contributed by atoms with E-state index in [1.807, 2.05) is 30.3 Å². The number of rotatable bonds is 3. The van der Waals surface area contributed by atoms with Gasteiger partial charge in [0.25, 0.3) is 5.56 Å². The molecular formula is C18H20N4O3S. The lowest BCUT2D eigenvalue weighted by atomic mass is 9.99. The van der Waals surface area contributed by atoms with Gasteiger partial charge < -0.3 is 5.11 Å². The van der Waals surface area contributed by atoms with Crippen molar-refractivity contribution in [3.05, 3.63) is 56.6 Å². The highest BCUT2D eigenvalue weighted by Crippen LogP contribution is 2.34. The minimum Gasteiger partial charge on any atom is -0.494 e. The van der Waals surface area contributed by atoms with E-state index in [0.717, 1.165) is 5.56 Å². The zero-order chi connectivity index (χ0) is 19.0. The molecule has 2 aromatic rings. The first-order valence-electron chi connectivity index (χ1n) is 8.30. The molecule has 0 saturated carbocycles. The van der Waals surface area contributed by atoms with Crippen LogP contribution in [0.4, 0.5) is 0 Å². The lowest BCUT2D eigenvalue weighted by molar-refractivity contribution is -0.132. The number of aromatic nitrogens is 2. The summed E-state index contributed by atoms with van der Waals surface area (Å²) in [5.41, 5.74) is 0.955. The van der Waals surface area contributed by atoms with Crippen molar-refractivity contribution in [2.45, 2.75) is 25.8 Å². The fourth-order valence-corrected chi connectivity index (χ4v) is 3.24. The second kappa shape index (κ2) is 6.87. The highest BCUT2D eigenvalue weighted by atomic mass is 32.1. The predicted octanol–water partition coefficient (Wildman–Crippen LogP) is 2.25. The molecule has 26 heavy (non-hydrogen) atoms. The van der Waals surface area contributed by atoms with Gasteiger partial charge in [-0.15, -0.1) is 0 Å². The number of carbonyl (C=O) groups is 1. The summed E-state index contributed by atoms with van der Waals surface area (Å²) in [5.74, 6) is -0.385. The van der Waals surface area contributed by atoms with E-state index in [4.69, 9.17) is 12.2 Å². The highest BCUT2D eigenvalue weighted by Gasteiger charge is 2.35. The zero-order valence-electron chi connectivity index (χ0n) is 14.8. The fraction of sp³-hybridized carbons (Fsp3) is 0.333. The summed E-state index contributed by atoms with van der Waals surface area (Å²) in [7, 11) is 3.13. The molecule has 0 saturated heterocycles. The van der Waals surface area contributed by atoms with Crippen LogP contribution in [0, 0.1) is 4.77 Å². The van der Waals surface area contributed by atoms with Gasteiger partial charge in [0.05, 0.1) is 11.8 Å². The third-order valence-electron chi connectivity index (χ3n) is 4.57. The van der Waals surface area contributed by atoms with Crippen LogP contribution in [0.5, 0.6) is 5.88 Å². The third-order valence-corrected chi connectivity index (χ3v) is 5.12. The Balaban J connectivity index is 2.15. The number of hydrazone groups is 1. The second-order valence-electron chi connectivity index (χ2n) is 6.17. The lowest BCUT2D eigenvalue weighted by Gasteiger charge is -2.21. The van der Waals surface area contributed by atoms with Crippen LogP contribution in [0.3, 0.4) is 0 Å². The number of nitrogens with zero attached hydrogens (tertiary/aromatic N) is 4. The van der Waals surface area contributed by atoms with Crippen LogP contribution in [0.15, 0.2) is 40.2 Å². The van der Waals surface area contributed by atoms with E-state index in [1.165, 1.54) is 14.1 Å². The SMILES string of the molecule is CCC(=O)N1N=C(c2c(O)n(C)c(=S)n(C)c2=O)CC1c1ccccc1. The van der Waals surface area contributed by atoms with Gasteiger partial charge in [-0.2, -0.15) is 5.10 Å². The van der Waals surface area contributed by atoms with Gasteiger partial charge in [-0.1, -0.05) is 37.3 Å². The first-order valence-corrected chi connectivity index (χ1v) is 8.71. The van der Waals surface area contributed by atoms with Crippen LogP contribution < -0.4 is 5.56 Å². The van der Waals surface area contributed by atoms with Crippen molar-refractivity contribution in [1.29, 1.82) is 0 Å². The summed E-state index contributed by atoms with van der Waals surface area (Å²) in [6.07, 6.45) is 0.637. The fourth-order valence-electron chi connectivity index (χ4n) is 3.07. The van der Waals surface area contributed by atoms with Crippen molar-refractivity contribution in [3.63, 3.8) is 0 Å². The summed E-state index contributed by atoms with van der Waals surface area (Å²) in [6, 6.07) is 9.22. The summed E-state index contributed by atoms with van der Waals surface area (Å²) in [4.78, 5) is 25.1. The molecule has 1 unspecified atom stereocenters. The van der Waals surface area contributed by atoms with E-state index in [1.54, 1.807) is 21.0 Å². The number of benzene rings is 1. The van der Waals surface area contributed by atoms with E-state index in [0.29, 0.717) is 18.6 Å². The van der Waals surface area contributed by atoms with E-state index < -0.39 is 5.56 Å². The summed E-state index contributed by atoms with van der Waals surface area (Å²) in [5, 5.41) is 16.3. The molecule has 1 aromatic carbocycles. The van der Waals surface area contributed by atoms with Gasteiger partial charge in [0.1, 0.15) is 5.56 Å². The Morgan fingerprint density at radius 1 is 1.27 bits per heavy atom. The average Bonchev–Trinajstić information content (AvgIpc) is 3.10. The molecule has 1 amide bonds. The van der Waals surface area contributed by atoms with E-state index in [9.17, 15) is 14.7 Å². The van der Waals surface area contributed by atoms with Crippen molar-refractivity contribution >= 4 is 23.8 Å². The van der Waals surface area contributed by atoms with Crippen molar-refractivity contribution in [2.75, 3.05) is 0 Å². The molecule has 1 atom stereocenters. The molecule has 0 fully saturated rings. The van der Waals surface area contributed by atoms with Crippen LogP contribution in [-0.4, -0.2) is 30.9 Å². The molecule has 7 nitrogen and oxygen atoms in total. The number of hydrogen-bond donors (Lipinski definition) is 1. The molecule has 1 N–H and O–H groups in total. The predicted molar refractivity (Wildman–Crippen MR) is 101 cm³/mol. The Morgan fingerprint density at radius 3 is 2.54 bits per heavy atom. The van der Waals surface area contributed by atoms with Crippen LogP contribution >= 0.6 is 12.2 Å². The molecule has 1 aliphatic heterocycles. The maximum absolute atomic E-state index is 12.7. The van der Waals surface area contributed by atoms with Gasteiger partial charge in [0.2, 0.25) is 11.8 Å². The quantitative estimate of drug-likeness (QED) is 0.838. The number of aromatic hydroxyl groups is 1. The molecule has 0 radical (unpaired) electrons. The van der Waals surface area contributed by atoms with Crippen LogP contribution in [0.1, 0.15) is 36.9 Å². The van der Waals surface area contributed by atoms with Gasteiger partial charge in [-0.25, -0.2) is 5.01 Å². The number of amides is 1. The van der Waals surface area contributed by atoms with Crippen LogP contribution in [-0.2, 0) is 18.9 Å². The molecule has 1 aromatic heterocycles. The molecule has 0 bridgehead atoms. The standard InChI is InChI=1S/C18H20N4O3S/c1-4-14(23)22-13(11-8-6-5-7-9-11)10-12(19-22)15-16(24)20(2)18(26)21(3)17(15)25/h5-9,13,24H,4,10H2,1-3H3. The molecule has 3 rings (SSSR count). The van der Waals surface area contributed by atoms with Gasteiger partial charge in [0.15, 0.2) is 4.77 Å². The monoisotopic (exact) mass is 372 g/mol. The largest absolute Gasteiger partial charge is 0.494 e. The second-order valence-corrected chi connectivity index (χ2v) is 6.54. The van der Waals surface area contributed by atoms with Crippen molar-refractivity contribution in [2.24, 2.45) is 19.2 Å². The third kappa shape index (κ3) is 2.86. The molecule has 8 heteroatoms. The minimum atomic E-state index is -0.429. The summed E-state index contributed by atoms with van der Waals surface area (Å²) in [6.45, 7) is 1.76. The normalized spacial score (nSPS) is 16.7. The van der Waals surface area contributed by atoms with E-state index in [-0.39, 0.29) is 28.2 Å². The molecule has 0 aliphatic carbocycles. The molecule has 0 spiro atoms. The summed E-state index contributed by atoms with van der Waals surface area (Å²) >= 11 is 5.15. The van der Waals surface area contributed by atoms with E-state index in [2.05, 4.69) is 5.10 Å². The number of hydrogen-bond acceptors (Lipinski definition) is 5. The molecule has 1 aliphatic rings. The first-order chi connectivity index (χ1) is 12.4. The molecule has 136 valence electrons. The lowest BCUT2D eigenvalue weighted by Crippen LogP contribution is -2.28. The molecular weight excluding hydrogens is 352 g/mol. The first kappa shape index (κ1) is 18.1. The van der Waals surface area contributed by atoms with Gasteiger partial charge in [0, 0.05) is 26.9 Å². The Morgan fingerprint density at radius 2 is 1.92 bits per heavy atom. The van der Waals surface area contributed by atoms with Gasteiger partial charge in [-0.3, -0.25) is 18.7 Å². The van der Waals surface area contributed by atoms with Crippen molar-refractivity contribution < 1.29 is 9.90 Å². The zero-order valence-corrected chi connectivity index (χ0v) is 15.7. The van der Waals surface area contributed by atoms with Gasteiger partial charge >= 0.3 is 0 Å². The Bertz CT molecular complexity index is 1010. The Labute approximate surface area is 155 Å². The van der Waals surface area contributed by atoms with E-state index >= 15 is 0 Å². The van der Waals surface area contributed by atoms with Crippen LogP contribution in [0.25, 0.3) is 0 Å². The van der Waals surface area contributed by atoms with Crippen LogP contribution in [0.2, 0.25) is 0 Å². The molecule has 2 heterocycles. The minimum absolute atomic E-state index is 0.0796. The highest BCUT2D eigenvalue weighted by molar-refractivity contribution is 7.71. The average molecular weight is 372 g/mol. The number of carbonyl (C=O) groups excluding carboxylic acids is 1. The maximum atomic E-state index is 12.7. The van der Waals surface area contributed by atoms with Crippen molar-refractivity contribution in [1.82, 2.24) is 14.1 Å². The maximum Gasteiger partial charge on any atom is 0.267 e. The van der Waals surface area contributed by atoms with Crippen molar-refractivity contribution in [3.8, 4) is 5.88 Å².